The van der Waals surface area contributed by atoms with Crippen LogP contribution < -0.4 is 0 Å². The summed E-state index contributed by atoms with van der Waals surface area (Å²) in [6.45, 7) is 0.358. The lowest BCUT2D eigenvalue weighted by Gasteiger charge is -2.14. The van der Waals surface area contributed by atoms with E-state index in [2.05, 4.69) is 10.8 Å². The minimum atomic E-state index is -0.114. The number of ether oxygens (including phenoxy) is 1. The molecule has 0 aromatic carbocycles. The van der Waals surface area contributed by atoms with Gasteiger partial charge in [0, 0.05) is 13.0 Å². The molecule has 3 heteroatoms. The topological polar surface area (TPSA) is 46.5 Å². The Morgan fingerprint density at radius 1 is 1.44 bits per heavy atom. The van der Waals surface area contributed by atoms with Crippen LogP contribution in [0.2, 0.25) is 0 Å². The fourth-order valence-electron chi connectivity index (χ4n) is 3.60. The predicted molar refractivity (Wildman–Crippen MR) is 70.0 cm³/mol. The van der Waals surface area contributed by atoms with Crippen molar-refractivity contribution >= 4 is 5.97 Å². The third kappa shape index (κ3) is 3.14. The highest BCUT2D eigenvalue weighted by molar-refractivity contribution is 5.69. The summed E-state index contributed by atoms with van der Waals surface area (Å²) in [5.41, 5.74) is 1.55. The molecule has 2 aliphatic carbocycles. The predicted octanol–water partition coefficient (Wildman–Crippen LogP) is 2.68. The lowest BCUT2D eigenvalue weighted by Crippen LogP contribution is -2.12. The molecule has 2 saturated carbocycles. The standard InChI is InChI=1S/C15H24O3/c1-18-15(17)5-3-2-4-11-8-12-6-7-13(10-16)14(12)9-11/h4,12-14,16H,2-3,5-10H2,1H3/b11-4+/t12-,13+,14-/m0/s1. The van der Waals surface area contributed by atoms with Gasteiger partial charge in [0.2, 0.25) is 0 Å². The highest BCUT2D eigenvalue weighted by atomic mass is 16.5. The van der Waals surface area contributed by atoms with Gasteiger partial charge in [-0.25, -0.2) is 0 Å². The second-order valence-corrected chi connectivity index (χ2v) is 5.68. The molecule has 2 aliphatic rings. The number of rotatable bonds is 5. The molecule has 0 aromatic rings. The summed E-state index contributed by atoms with van der Waals surface area (Å²) in [6.07, 6.45) is 9.59. The van der Waals surface area contributed by atoms with Crippen LogP contribution in [0.4, 0.5) is 0 Å². The molecule has 0 heterocycles. The van der Waals surface area contributed by atoms with Crippen LogP contribution in [-0.2, 0) is 9.53 Å². The molecule has 3 nitrogen and oxygen atoms in total. The highest BCUT2D eigenvalue weighted by Gasteiger charge is 2.40. The summed E-state index contributed by atoms with van der Waals surface area (Å²) >= 11 is 0. The van der Waals surface area contributed by atoms with Gasteiger partial charge < -0.3 is 9.84 Å². The number of unbranched alkanes of at least 4 members (excludes halogenated alkanes) is 1. The molecule has 0 saturated heterocycles. The molecule has 2 rings (SSSR count). The molecule has 2 fully saturated rings. The van der Waals surface area contributed by atoms with Crippen molar-refractivity contribution < 1.29 is 14.6 Å². The average Bonchev–Trinajstić information content (AvgIpc) is 2.93. The SMILES string of the molecule is COC(=O)CCC/C=C1\C[C@@H]2CC[C@H](CO)[C@H]2C1. The average molecular weight is 252 g/mol. The zero-order valence-electron chi connectivity index (χ0n) is 11.2. The second kappa shape index (κ2) is 6.37. The van der Waals surface area contributed by atoms with Gasteiger partial charge in [-0.15, -0.1) is 0 Å². The van der Waals surface area contributed by atoms with Crippen molar-refractivity contribution in [2.24, 2.45) is 17.8 Å². The number of carbonyl (C=O) groups is 1. The molecule has 0 radical (unpaired) electrons. The van der Waals surface area contributed by atoms with E-state index in [0.717, 1.165) is 24.7 Å². The van der Waals surface area contributed by atoms with E-state index in [4.69, 9.17) is 0 Å². The number of aliphatic hydroxyl groups is 1. The first kappa shape index (κ1) is 13.6. The highest BCUT2D eigenvalue weighted by Crippen LogP contribution is 2.49. The molecule has 0 spiro atoms. The Morgan fingerprint density at radius 2 is 2.28 bits per heavy atom. The number of methoxy groups -OCH3 is 1. The summed E-state index contributed by atoms with van der Waals surface area (Å²) in [7, 11) is 1.44. The molecule has 0 bridgehead atoms. The number of aliphatic hydroxyl groups excluding tert-OH is 1. The van der Waals surface area contributed by atoms with E-state index >= 15 is 0 Å². The van der Waals surface area contributed by atoms with Gasteiger partial charge in [-0.05, 0) is 56.3 Å². The van der Waals surface area contributed by atoms with Crippen molar-refractivity contribution in [1.82, 2.24) is 0 Å². The quantitative estimate of drug-likeness (QED) is 0.465. The Balaban J connectivity index is 1.74. The molecule has 0 amide bonds. The van der Waals surface area contributed by atoms with Crippen molar-refractivity contribution in [2.45, 2.75) is 44.9 Å². The van der Waals surface area contributed by atoms with Crippen LogP contribution in [-0.4, -0.2) is 24.8 Å². The Labute approximate surface area is 109 Å². The maximum atomic E-state index is 11.0. The third-order valence-corrected chi connectivity index (χ3v) is 4.62. The van der Waals surface area contributed by atoms with Crippen LogP contribution in [0.15, 0.2) is 11.6 Å². The van der Waals surface area contributed by atoms with Crippen molar-refractivity contribution in [1.29, 1.82) is 0 Å². The van der Waals surface area contributed by atoms with Gasteiger partial charge in [0.25, 0.3) is 0 Å². The molecule has 18 heavy (non-hydrogen) atoms. The molecular weight excluding hydrogens is 228 g/mol. The van der Waals surface area contributed by atoms with Gasteiger partial charge in [-0.1, -0.05) is 11.6 Å². The van der Waals surface area contributed by atoms with Gasteiger partial charge in [-0.3, -0.25) is 4.79 Å². The maximum Gasteiger partial charge on any atom is 0.305 e. The van der Waals surface area contributed by atoms with Crippen molar-refractivity contribution in [3.05, 3.63) is 11.6 Å². The number of esters is 1. The number of hydrogen-bond donors (Lipinski definition) is 1. The summed E-state index contributed by atoms with van der Waals surface area (Å²) in [5.74, 6) is 1.96. The molecule has 0 aromatic heterocycles. The van der Waals surface area contributed by atoms with Gasteiger partial charge in [0.05, 0.1) is 7.11 Å². The Morgan fingerprint density at radius 3 is 3.00 bits per heavy atom. The zero-order valence-corrected chi connectivity index (χ0v) is 11.2. The Hall–Kier alpha value is -0.830. The first-order chi connectivity index (χ1) is 8.74. The number of hydrogen-bond acceptors (Lipinski definition) is 3. The van der Waals surface area contributed by atoms with E-state index < -0.39 is 0 Å². The first-order valence-corrected chi connectivity index (χ1v) is 7.10. The van der Waals surface area contributed by atoms with Crippen LogP contribution in [0.5, 0.6) is 0 Å². The van der Waals surface area contributed by atoms with Crippen LogP contribution in [0.3, 0.4) is 0 Å². The molecule has 3 atom stereocenters. The van der Waals surface area contributed by atoms with Crippen LogP contribution in [0.25, 0.3) is 0 Å². The summed E-state index contributed by atoms with van der Waals surface area (Å²) in [5, 5.41) is 9.33. The van der Waals surface area contributed by atoms with E-state index in [1.54, 1.807) is 5.57 Å². The minimum Gasteiger partial charge on any atom is -0.469 e. The van der Waals surface area contributed by atoms with E-state index in [0.29, 0.717) is 18.9 Å². The third-order valence-electron chi connectivity index (χ3n) is 4.62. The lowest BCUT2D eigenvalue weighted by molar-refractivity contribution is -0.140. The molecular formula is C15H24O3. The van der Waals surface area contributed by atoms with Crippen molar-refractivity contribution in [3.8, 4) is 0 Å². The van der Waals surface area contributed by atoms with Gasteiger partial charge in [0.1, 0.15) is 0 Å². The Kier molecular flexibility index (Phi) is 4.81. The van der Waals surface area contributed by atoms with Crippen molar-refractivity contribution in [3.63, 3.8) is 0 Å². The van der Waals surface area contributed by atoms with Crippen molar-refractivity contribution in [2.75, 3.05) is 13.7 Å². The fraction of sp³-hybridized carbons (Fsp3) is 0.800. The fourth-order valence-corrected chi connectivity index (χ4v) is 3.60. The lowest BCUT2D eigenvalue weighted by atomic mass is 9.92. The van der Waals surface area contributed by atoms with E-state index in [-0.39, 0.29) is 5.97 Å². The smallest absolute Gasteiger partial charge is 0.305 e. The van der Waals surface area contributed by atoms with E-state index in [1.165, 1.54) is 32.8 Å². The van der Waals surface area contributed by atoms with E-state index in [9.17, 15) is 9.90 Å². The number of fused-ring (bicyclic) bond motifs is 1. The molecule has 0 aliphatic heterocycles. The maximum absolute atomic E-state index is 11.0. The normalized spacial score (nSPS) is 32.8. The Bertz CT molecular complexity index is 322. The van der Waals surface area contributed by atoms with Gasteiger partial charge >= 0.3 is 5.97 Å². The monoisotopic (exact) mass is 252 g/mol. The summed E-state index contributed by atoms with van der Waals surface area (Å²) in [4.78, 5) is 11.0. The van der Waals surface area contributed by atoms with Gasteiger partial charge in [0.15, 0.2) is 0 Å². The molecule has 0 unspecified atom stereocenters. The summed E-state index contributed by atoms with van der Waals surface area (Å²) in [6, 6.07) is 0. The van der Waals surface area contributed by atoms with Gasteiger partial charge in [-0.2, -0.15) is 0 Å². The number of carbonyl (C=O) groups excluding carboxylic acids is 1. The molecule has 1 N–H and O–H groups in total. The van der Waals surface area contributed by atoms with E-state index in [1.807, 2.05) is 0 Å². The first-order valence-electron chi connectivity index (χ1n) is 7.10. The van der Waals surface area contributed by atoms with Crippen LogP contribution in [0.1, 0.15) is 44.9 Å². The summed E-state index contributed by atoms with van der Waals surface area (Å²) < 4.78 is 4.62. The molecule has 102 valence electrons. The minimum absolute atomic E-state index is 0.114. The van der Waals surface area contributed by atoms with Crippen LogP contribution >= 0.6 is 0 Å². The number of allylic oxidation sites excluding steroid dienone is 2. The van der Waals surface area contributed by atoms with Crippen LogP contribution in [0, 0.1) is 17.8 Å². The largest absolute Gasteiger partial charge is 0.469 e. The zero-order chi connectivity index (χ0) is 13.0. The second-order valence-electron chi connectivity index (χ2n) is 5.68.